The van der Waals surface area contributed by atoms with Crippen LogP contribution in [0, 0.1) is 6.92 Å². The van der Waals surface area contributed by atoms with E-state index in [9.17, 15) is 22.8 Å². The molecule has 1 aromatic carbocycles. The molecule has 0 saturated heterocycles. The molecule has 1 fully saturated rings. The topological polar surface area (TPSA) is 58.6 Å². The van der Waals surface area contributed by atoms with Gasteiger partial charge in [-0.25, -0.2) is 0 Å². The lowest BCUT2D eigenvalue weighted by atomic mass is 9.95. The average Bonchev–Trinajstić information content (AvgIpc) is 3.17. The Morgan fingerprint density at radius 1 is 1.16 bits per heavy atom. The number of thiophene rings is 1. The lowest BCUT2D eigenvalue weighted by molar-refractivity contribution is -0.171. The number of alkyl halides is 3. The lowest BCUT2D eigenvalue weighted by Crippen LogP contribution is -2.50. The van der Waals surface area contributed by atoms with Crippen LogP contribution in [0.2, 0.25) is 0 Å². The van der Waals surface area contributed by atoms with Crippen molar-refractivity contribution in [1.29, 1.82) is 0 Å². The summed E-state index contributed by atoms with van der Waals surface area (Å²) in [6, 6.07) is 7.51. The number of methoxy groups -OCH3 is 1. The third kappa shape index (κ3) is 5.58. The number of hydrogen-bond acceptors (Lipinski definition) is 4. The van der Waals surface area contributed by atoms with Crippen molar-refractivity contribution >= 4 is 28.8 Å². The fourth-order valence-corrected chi connectivity index (χ4v) is 4.75. The molecule has 2 aromatic rings. The maximum Gasteiger partial charge on any atom is 0.471 e. The third-order valence-electron chi connectivity index (χ3n) is 5.28. The molecule has 1 heterocycles. The maximum atomic E-state index is 13.6. The van der Waals surface area contributed by atoms with Gasteiger partial charge in [-0.05, 0) is 44.0 Å². The summed E-state index contributed by atoms with van der Waals surface area (Å²) in [7, 11) is 1.38. The SMILES string of the molecule is COc1cccc(N(C(=O)C(F)(F)F)C(C(=O)NC2CCCCC2)c2ccc(C)s2)c1. The Morgan fingerprint density at radius 2 is 1.87 bits per heavy atom. The van der Waals surface area contributed by atoms with Crippen molar-refractivity contribution in [3.8, 4) is 5.75 Å². The maximum absolute atomic E-state index is 13.6. The van der Waals surface area contributed by atoms with Crippen LogP contribution in [0.1, 0.15) is 47.9 Å². The number of halogens is 3. The highest BCUT2D eigenvalue weighted by molar-refractivity contribution is 7.12. The molecule has 9 heteroatoms. The Labute approximate surface area is 183 Å². The fraction of sp³-hybridized carbons (Fsp3) is 0.455. The second kappa shape index (κ2) is 9.72. The van der Waals surface area contributed by atoms with E-state index >= 15 is 0 Å². The van der Waals surface area contributed by atoms with Gasteiger partial charge in [0, 0.05) is 27.5 Å². The zero-order valence-electron chi connectivity index (χ0n) is 17.4. The van der Waals surface area contributed by atoms with Crippen LogP contribution in [-0.4, -0.2) is 31.1 Å². The number of carbonyl (C=O) groups excluding carboxylic acids is 2. The molecule has 1 saturated carbocycles. The zero-order valence-corrected chi connectivity index (χ0v) is 18.2. The molecule has 31 heavy (non-hydrogen) atoms. The van der Waals surface area contributed by atoms with Crippen LogP contribution < -0.4 is 15.0 Å². The van der Waals surface area contributed by atoms with E-state index in [-0.39, 0.29) is 17.5 Å². The highest BCUT2D eigenvalue weighted by Crippen LogP contribution is 2.37. The first-order valence-electron chi connectivity index (χ1n) is 10.1. The van der Waals surface area contributed by atoms with E-state index < -0.39 is 24.0 Å². The van der Waals surface area contributed by atoms with Crippen LogP contribution in [0.5, 0.6) is 5.75 Å². The van der Waals surface area contributed by atoms with E-state index in [1.54, 1.807) is 25.1 Å². The van der Waals surface area contributed by atoms with Crippen molar-refractivity contribution in [2.75, 3.05) is 12.0 Å². The lowest BCUT2D eigenvalue weighted by Gasteiger charge is -2.33. The number of ether oxygens (including phenoxy) is 1. The van der Waals surface area contributed by atoms with Crippen LogP contribution in [0.4, 0.5) is 18.9 Å². The van der Waals surface area contributed by atoms with Gasteiger partial charge in [-0.2, -0.15) is 13.2 Å². The standard InChI is InChI=1S/C22H25F3N2O3S/c1-14-11-12-18(31-14)19(20(28)26-15-7-4-3-5-8-15)27(21(29)22(23,24)25)16-9-6-10-17(13-16)30-2/h6,9-13,15,19H,3-5,7-8H2,1-2H3,(H,26,28). The Morgan fingerprint density at radius 3 is 2.45 bits per heavy atom. The van der Waals surface area contributed by atoms with Gasteiger partial charge in [0.2, 0.25) is 5.91 Å². The van der Waals surface area contributed by atoms with Crippen molar-refractivity contribution in [3.63, 3.8) is 0 Å². The van der Waals surface area contributed by atoms with Crippen molar-refractivity contribution in [3.05, 3.63) is 46.2 Å². The second-order valence-electron chi connectivity index (χ2n) is 7.57. The molecule has 1 aromatic heterocycles. The molecule has 1 aliphatic carbocycles. The third-order valence-corrected chi connectivity index (χ3v) is 6.33. The minimum absolute atomic E-state index is 0.0588. The van der Waals surface area contributed by atoms with Gasteiger partial charge in [-0.1, -0.05) is 25.3 Å². The van der Waals surface area contributed by atoms with Gasteiger partial charge in [0.05, 0.1) is 7.11 Å². The first-order valence-corrected chi connectivity index (χ1v) is 10.9. The first-order chi connectivity index (χ1) is 14.7. The largest absolute Gasteiger partial charge is 0.497 e. The smallest absolute Gasteiger partial charge is 0.471 e. The fourth-order valence-electron chi connectivity index (χ4n) is 3.78. The number of anilines is 1. The quantitative estimate of drug-likeness (QED) is 0.657. The molecule has 5 nitrogen and oxygen atoms in total. The van der Waals surface area contributed by atoms with E-state index in [0.717, 1.165) is 37.0 Å². The summed E-state index contributed by atoms with van der Waals surface area (Å²) in [5.41, 5.74) is -0.0588. The second-order valence-corrected chi connectivity index (χ2v) is 8.89. The Bertz CT molecular complexity index is 923. The van der Waals surface area contributed by atoms with Gasteiger partial charge in [0.1, 0.15) is 5.75 Å². The molecule has 3 rings (SSSR count). The average molecular weight is 455 g/mol. The number of benzene rings is 1. The molecule has 168 valence electrons. The molecule has 0 bridgehead atoms. The molecule has 0 aliphatic heterocycles. The van der Waals surface area contributed by atoms with Gasteiger partial charge in [-0.3, -0.25) is 14.5 Å². The summed E-state index contributed by atoms with van der Waals surface area (Å²) >= 11 is 1.19. The van der Waals surface area contributed by atoms with Crippen LogP contribution in [0.3, 0.4) is 0 Å². The van der Waals surface area contributed by atoms with Gasteiger partial charge in [-0.15, -0.1) is 11.3 Å². The van der Waals surface area contributed by atoms with Crippen molar-refractivity contribution in [1.82, 2.24) is 5.32 Å². The molecule has 0 radical (unpaired) electrons. The minimum atomic E-state index is -5.15. The summed E-state index contributed by atoms with van der Waals surface area (Å²) < 4.78 is 46.0. The molecule has 1 aliphatic rings. The summed E-state index contributed by atoms with van der Waals surface area (Å²) in [6.07, 6.45) is -0.632. The number of rotatable bonds is 6. The summed E-state index contributed by atoms with van der Waals surface area (Å²) in [5.74, 6) is -2.43. The summed E-state index contributed by atoms with van der Waals surface area (Å²) in [6.45, 7) is 1.80. The Kier molecular flexibility index (Phi) is 7.25. The van der Waals surface area contributed by atoms with E-state index in [4.69, 9.17) is 4.74 Å². The van der Waals surface area contributed by atoms with Crippen LogP contribution in [0.15, 0.2) is 36.4 Å². The number of amides is 2. The number of nitrogens with zero attached hydrogens (tertiary/aromatic N) is 1. The first kappa shape index (κ1) is 23.1. The van der Waals surface area contributed by atoms with E-state index in [2.05, 4.69) is 5.32 Å². The Hall–Kier alpha value is -2.55. The molecule has 1 atom stereocenters. The van der Waals surface area contributed by atoms with Crippen molar-refractivity contribution in [2.24, 2.45) is 0 Å². The van der Waals surface area contributed by atoms with E-state index in [1.807, 2.05) is 0 Å². The van der Waals surface area contributed by atoms with Crippen LogP contribution >= 0.6 is 11.3 Å². The predicted molar refractivity (Wildman–Crippen MR) is 113 cm³/mol. The molecule has 2 amide bonds. The van der Waals surface area contributed by atoms with E-state index in [1.165, 1.54) is 36.6 Å². The molecular weight excluding hydrogens is 429 g/mol. The number of hydrogen-bond donors (Lipinski definition) is 1. The van der Waals surface area contributed by atoms with Gasteiger partial charge in [0.15, 0.2) is 6.04 Å². The van der Waals surface area contributed by atoms with Crippen LogP contribution in [-0.2, 0) is 9.59 Å². The summed E-state index contributed by atoms with van der Waals surface area (Å²) in [5, 5.41) is 2.89. The summed E-state index contributed by atoms with van der Waals surface area (Å²) in [4.78, 5) is 27.6. The normalized spacial score (nSPS) is 15.9. The van der Waals surface area contributed by atoms with E-state index in [0.29, 0.717) is 9.78 Å². The van der Waals surface area contributed by atoms with Gasteiger partial charge in [0.25, 0.3) is 0 Å². The Balaban J connectivity index is 2.07. The zero-order chi connectivity index (χ0) is 22.6. The monoisotopic (exact) mass is 454 g/mol. The van der Waals surface area contributed by atoms with Gasteiger partial charge >= 0.3 is 12.1 Å². The molecule has 0 spiro atoms. The van der Waals surface area contributed by atoms with Gasteiger partial charge < -0.3 is 10.1 Å². The number of nitrogens with one attached hydrogen (secondary N) is 1. The predicted octanol–water partition coefficient (Wildman–Crippen LogP) is 5.15. The van der Waals surface area contributed by atoms with Crippen molar-refractivity contribution < 1.29 is 27.5 Å². The number of carbonyl (C=O) groups is 2. The van der Waals surface area contributed by atoms with Crippen LogP contribution in [0.25, 0.3) is 0 Å². The highest BCUT2D eigenvalue weighted by atomic mass is 32.1. The minimum Gasteiger partial charge on any atom is -0.497 e. The number of aryl methyl sites for hydroxylation is 1. The highest BCUT2D eigenvalue weighted by Gasteiger charge is 2.48. The van der Waals surface area contributed by atoms with Crippen molar-refractivity contribution in [2.45, 2.75) is 57.3 Å². The molecule has 1 N–H and O–H groups in total. The molecule has 1 unspecified atom stereocenters. The molecular formula is C22H25F3N2O3S.